The molecule has 0 saturated carbocycles. The second-order valence-corrected chi connectivity index (χ2v) is 3.35. The van der Waals surface area contributed by atoms with E-state index >= 15 is 0 Å². The van der Waals surface area contributed by atoms with Gasteiger partial charge in [-0.25, -0.2) is 4.39 Å². The quantitative estimate of drug-likeness (QED) is 0.801. The molecule has 14 heavy (non-hydrogen) atoms. The number of benzene rings is 1. The second kappa shape index (κ2) is 4.39. The zero-order valence-corrected chi connectivity index (χ0v) is 8.09. The van der Waals surface area contributed by atoms with Crippen LogP contribution in [0.2, 0.25) is 5.02 Å². The maximum Gasteiger partial charge on any atom is 0.219 e. The highest BCUT2D eigenvalue weighted by Crippen LogP contribution is 2.24. The molecule has 0 heterocycles. The highest BCUT2D eigenvalue weighted by atomic mass is 35.5. The number of hydrogen-bond donors (Lipinski definition) is 2. The van der Waals surface area contributed by atoms with Crippen LogP contribution in [0.1, 0.15) is 18.0 Å². The molecule has 5 heteroatoms. The van der Waals surface area contributed by atoms with Crippen LogP contribution in [-0.4, -0.2) is 5.91 Å². The van der Waals surface area contributed by atoms with Gasteiger partial charge in [-0.2, -0.15) is 0 Å². The van der Waals surface area contributed by atoms with E-state index in [0.29, 0.717) is 5.56 Å². The maximum atomic E-state index is 12.7. The molecule has 1 aromatic rings. The average Bonchev–Trinajstić information content (AvgIpc) is 2.01. The lowest BCUT2D eigenvalue weighted by molar-refractivity contribution is -0.118. The largest absolute Gasteiger partial charge is 0.370 e. The van der Waals surface area contributed by atoms with Crippen molar-refractivity contribution in [3.8, 4) is 0 Å². The molecular formula is C9H10ClFN2O. The Labute approximate surface area is 85.8 Å². The molecule has 76 valence electrons. The Balaban J connectivity index is 2.90. The molecule has 3 nitrogen and oxygen atoms in total. The molecule has 0 unspecified atom stereocenters. The summed E-state index contributed by atoms with van der Waals surface area (Å²) in [5.74, 6) is -0.956. The van der Waals surface area contributed by atoms with E-state index < -0.39 is 17.8 Å². The van der Waals surface area contributed by atoms with Crippen molar-refractivity contribution in [2.24, 2.45) is 11.5 Å². The third kappa shape index (κ3) is 2.68. The predicted octanol–water partition coefficient (Wildman–Crippen LogP) is 1.35. The Morgan fingerprint density at radius 3 is 2.71 bits per heavy atom. The highest BCUT2D eigenvalue weighted by molar-refractivity contribution is 6.31. The van der Waals surface area contributed by atoms with Crippen molar-refractivity contribution in [1.82, 2.24) is 0 Å². The lowest BCUT2D eigenvalue weighted by Gasteiger charge is -2.11. The van der Waals surface area contributed by atoms with Gasteiger partial charge in [-0.05, 0) is 17.7 Å². The Hall–Kier alpha value is -1.13. The van der Waals surface area contributed by atoms with Crippen molar-refractivity contribution in [3.63, 3.8) is 0 Å². The Morgan fingerprint density at radius 1 is 1.57 bits per heavy atom. The number of primary amides is 1. The average molecular weight is 217 g/mol. The van der Waals surface area contributed by atoms with Gasteiger partial charge < -0.3 is 11.5 Å². The fourth-order valence-electron chi connectivity index (χ4n) is 1.13. The number of rotatable bonds is 3. The molecule has 0 saturated heterocycles. The molecule has 0 bridgehead atoms. The van der Waals surface area contributed by atoms with Crippen LogP contribution in [0.3, 0.4) is 0 Å². The Kier molecular flexibility index (Phi) is 3.43. The van der Waals surface area contributed by atoms with Crippen molar-refractivity contribution in [3.05, 3.63) is 34.6 Å². The number of halogens is 2. The Morgan fingerprint density at radius 2 is 2.21 bits per heavy atom. The minimum absolute atomic E-state index is 0.00858. The van der Waals surface area contributed by atoms with E-state index in [1.807, 2.05) is 0 Å². The first-order valence-electron chi connectivity index (χ1n) is 3.99. The highest BCUT2D eigenvalue weighted by Gasteiger charge is 2.12. The van der Waals surface area contributed by atoms with Gasteiger partial charge >= 0.3 is 0 Å². The van der Waals surface area contributed by atoms with Crippen molar-refractivity contribution < 1.29 is 9.18 Å². The van der Waals surface area contributed by atoms with Crippen molar-refractivity contribution in [1.29, 1.82) is 0 Å². The van der Waals surface area contributed by atoms with Crippen molar-refractivity contribution >= 4 is 17.5 Å². The Bertz CT molecular complexity index is 357. The van der Waals surface area contributed by atoms with E-state index in [4.69, 9.17) is 23.1 Å². The molecule has 4 N–H and O–H groups in total. The third-order valence-corrected chi connectivity index (χ3v) is 2.11. The van der Waals surface area contributed by atoms with Gasteiger partial charge in [-0.3, -0.25) is 4.79 Å². The molecule has 0 aliphatic carbocycles. The van der Waals surface area contributed by atoms with Crippen molar-refractivity contribution in [2.45, 2.75) is 12.5 Å². The number of carbonyl (C=O) groups excluding carboxylic acids is 1. The minimum Gasteiger partial charge on any atom is -0.370 e. The SMILES string of the molecule is NC(=O)C[C@@H](N)c1ccc(F)cc1Cl. The van der Waals surface area contributed by atoms with Crippen LogP contribution in [0, 0.1) is 5.82 Å². The molecule has 1 aromatic carbocycles. The predicted molar refractivity (Wildman–Crippen MR) is 52.1 cm³/mol. The lowest BCUT2D eigenvalue weighted by atomic mass is 10.0. The number of carbonyl (C=O) groups is 1. The fraction of sp³-hybridized carbons (Fsp3) is 0.222. The minimum atomic E-state index is -0.583. The summed E-state index contributed by atoms with van der Waals surface area (Å²) < 4.78 is 12.7. The summed E-state index contributed by atoms with van der Waals surface area (Å²) in [6.45, 7) is 0. The van der Waals surface area contributed by atoms with Crippen LogP contribution in [0.4, 0.5) is 4.39 Å². The van der Waals surface area contributed by atoms with Gasteiger partial charge in [-0.15, -0.1) is 0 Å². The monoisotopic (exact) mass is 216 g/mol. The normalized spacial score (nSPS) is 12.5. The summed E-state index contributed by atoms with van der Waals surface area (Å²) in [6.07, 6.45) is -0.00858. The summed E-state index contributed by atoms with van der Waals surface area (Å²) >= 11 is 5.74. The van der Waals surface area contributed by atoms with Gasteiger partial charge in [0, 0.05) is 17.5 Å². The van der Waals surface area contributed by atoms with Crippen LogP contribution in [0.25, 0.3) is 0 Å². The molecule has 0 spiro atoms. The zero-order chi connectivity index (χ0) is 10.7. The molecule has 1 rings (SSSR count). The van der Waals surface area contributed by atoms with E-state index in [-0.39, 0.29) is 11.4 Å². The zero-order valence-electron chi connectivity index (χ0n) is 7.34. The summed E-state index contributed by atoms with van der Waals surface area (Å²) in [6, 6.07) is 3.26. The van der Waals surface area contributed by atoms with Crippen LogP contribution in [0.5, 0.6) is 0 Å². The first-order chi connectivity index (χ1) is 6.50. The van der Waals surface area contributed by atoms with E-state index in [0.717, 1.165) is 6.07 Å². The number of hydrogen-bond acceptors (Lipinski definition) is 2. The maximum absolute atomic E-state index is 12.7. The number of nitrogens with two attached hydrogens (primary N) is 2. The molecule has 1 amide bonds. The third-order valence-electron chi connectivity index (χ3n) is 1.78. The van der Waals surface area contributed by atoms with Crippen LogP contribution >= 0.6 is 11.6 Å². The van der Waals surface area contributed by atoms with Crippen LogP contribution in [-0.2, 0) is 4.79 Å². The molecule has 0 fully saturated rings. The van der Waals surface area contributed by atoms with Crippen LogP contribution < -0.4 is 11.5 Å². The van der Waals surface area contributed by atoms with Crippen LogP contribution in [0.15, 0.2) is 18.2 Å². The van der Waals surface area contributed by atoms with Gasteiger partial charge in [0.05, 0.1) is 0 Å². The van der Waals surface area contributed by atoms with Gasteiger partial charge in [0.15, 0.2) is 0 Å². The standard InChI is InChI=1S/C9H10ClFN2O/c10-7-3-5(11)1-2-6(7)8(12)4-9(13)14/h1-3,8H,4,12H2,(H2,13,14)/t8-/m1/s1. The molecule has 0 aliphatic heterocycles. The van der Waals surface area contributed by atoms with Gasteiger partial charge in [-0.1, -0.05) is 17.7 Å². The van der Waals surface area contributed by atoms with E-state index in [2.05, 4.69) is 0 Å². The summed E-state index contributed by atoms with van der Waals surface area (Å²) in [7, 11) is 0. The van der Waals surface area contributed by atoms with Gasteiger partial charge in [0.25, 0.3) is 0 Å². The van der Waals surface area contributed by atoms with E-state index in [1.165, 1.54) is 12.1 Å². The van der Waals surface area contributed by atoms with E-state index in [1.54, 1.807) is 0 Å². The molecular weight excluding hydrogens is 207 g/mol. The molecule has 0 aromatic heterocycles. The first kappa shape index (κ1) is 10.9. The van der Waals surface area contributed by atoms with E-state index in [9.17, 15) is 9.18 Å². The first-order valence-corrected chi connectivity index (χ1v) is 4.37. The summed E-state index contributed by atoms with van der Waals surface area (Å²) in [5, 5.41) is 0.207. The van der Waals surface area contributed by atoms with Gasteiger partial charge in [0.1, 0.15) is 5.82 Å². The van der Waals surface area contributed by atoms with Crippen molar-refractivity contribution in [2.75, 3.05) is 0 Å². The lowest BCUT2D eigenvalue weighted by Crippen LogP contribution is -2.20. The molecule has 1 atom stereocenters. The smallest absolute Gasteiger partial charge is 0.219 e. The molecule has 0 radical (unpaired) electrons. The topological polar surface area (TPSA) is 69.1 Å². The van der Waals surface area contributed by atoms with Gasteiger partial charge in [0.2, 0.25) is 5.91 Å². The molecule has 0 aliphatic rings. The fourth-order valence-corrected chi connectivity index (χ4v) is 1.44. The summed E-state index contributed by atoms with van der Waals surface area (Å²) in [4.78, 5) is 10.6. The summed E-state index contributed by atoms with van der Waals surface area (Å²) in [5.41, 5.74) is 11.1. The number of amides is 1. The second-order valence-electron chi connectivity index (χ2n) is 2.94.